The smallest absolute Gasteiger partial charge is 0.227 e. The van der Waals surface area contributed by atoms with E-state index >= 15 is 0 Å². The van der Waals surface area contributed by atoms with Gasteiger partial charge in [-0.15, -0.1) is 0 Å². The zero-order valence-corrected chi connectivity index (χ0v) is 16.5. The standard InChI is InChI=1S/C23H19FN4O2/c1-15-3-8-22(26-13-15)28-17-4-6-18(7-5-17)30-23-20(12-19(29-2)14-27-23)16-9-10-25-21(24)11-16/h3-14H,1-2H3,(H,26,28). The Balaban J connectivity index is 1.57. The number of nitrogens with zero attached hydrogens (tertiary/aromatic N) is 3. The van der Waals surface area contributed by atoms with E-state index in [1.165, 1.54) is 12.3 Å². The molecule has 1 N–H and O–H groups in total. The number of pyridine rings is 3. The second-order valence-electron chi connectivity index (χ2n) is 6.57. The average Bonchev–Trinajstić information content (AvgIpc) is 2.77. The number of aromatic nitrogens is 3. The fraction of sp³-hybridized carbons (Fsp3) is 0.0870. The van der Waals surface area contributed by atoms with Gasteiger partial charge in [0.25, 0.3) is 0 Å². The predicted octanol–water partition coefficient (Wildman–Crippen LogP) is 5.53. The molecule has 0 radical (unpaired) electrons. The molecule has 3 aromatic heterocycles. The molecular formula is C23H19FN4O2. The van der Waals surface area contributed by atoms with E-state index in [0.717, 1.165) is 17.1 Å². The van der Waals surface area contributed by atoms with E-state index in [-0.39, 0.29) is 0 Å². The Morgan fingerprint density at radius 3 is 2.40 bits per heavy atom. The number of aryl methyl sites for hydroxylation is 1. The summed E-state index contributed by atoms with van der Waals surface area (Å²) in [6.07, 6.45) is 4.75. The van der Waals surface area contributed by atoms with Gasteiger partial charge in [0.1, 0.15) is 17.3 Å². The van der Waals surface area contributed by atoms with Crippen LogP contribution >= 0.6 is 0 Å². The third-order valence-electron chi connectivity index (χ3n) is 4.35. The van der Waals surface area contributed by atoms with Gasteiger partial charge in [0.15, 0.2) is 0 Å². The zero-order valence-electron chi connectivity index (χ0n) is 16.5. The fourth-order valence-electron chi connectivity index (χ4n) is 2.81. The minimum Gasteiger partial charge on any atom is -0.495 e. The molecule has 0 saturated heterocycles. The van der Waals surface area contributed by atoms with Crippen molar-refractivity contribution in [1.29, 1.82) is 0 Å². The highest BCUT2D eigenvalue weighted by atomic mass is 19.1. The second-order valence-corrected chi connectivity index (χ2v) is 6.57. The van der Waals surface area contributed by atoms with Crippen LogP contribution < -0.4 is 14.8 Å². The average molecular weight is 402 g/mol. The molecule has 0 aliphatic carbocycles. The van der Waals surface area contributed by atoms with Crippen LogP contribution in [0.5, 0.6) is 17.4 Å². The number of ether oxygens (including phenoxy) is 2. The van der Waals surface area contributed by atoms with Crippen molar-refractivity contribution in [3.05, 3.63) is 84.7 Å². The lowest BCUT2D eigenvalue weighted by Crippen LogP contribution is -1.96. The van der Waals surface area contributed by atoms with Crippen LogP contribution in [-0.4, -0.2) is 22.1 Å². The molecule has 30 heavy (non-hydrogen) atoms. The summed E-state index contributed by atoms with van der Waals surface area (Å²) >= 11 is 0. The molecule has 4 aromatic rings. The lowest BCUT2D eigenvalue weighted by Gasteiger charge is -2.12. The van der Waals surface area contributed by atoms with Gasteiger partial charge < -0.3 is 14.8 Å². The quantitative estimate of drug-likeness (QED) is 0.428. The van der Waals surface area contributed by atoms with Gasteiger partial charge >= 0.3 is 0 Å². The molecule has 0 saturated carbocycles. The molecule has 0 aliphatic heterocycles. The minimum atomic E-state index is -0.582. The first kappa shape index (κ1) is 19.3. The van der Waals surface area contributed by atoms with E-state index in [1.807, 2.05) is 43.3 Å². The van der Waals surface area contributed by atoms with E-state index in [1.54, 1.807) is 31.6 Å². The van der Waals surface area contributed by atoms with Gasteiger partial charge in [-0.3, -0.25) is 0 Å². The molecule has 150 valence electrons. The summed E-state index contributed by atoms with van der Waals surface area (Å²) in [7, 11) is 1.54. The molecule has 0 amide bonds. The highest BCUT2D eigenvalue weighted by Crippen LogP contribution is 2.34. The lowest BCUT2D eigenvalue weighted by atomic mass is 10.1. The summed E-state index contributed by atoms with van der Waals surface area (Å²) in [5.41, 5.74) is 3.16. The number of benzene rings is 1. The van der Waals surface area contributed by atoms with Gasteiger partial charge in [0.2, 0.25) is 11.8 Å². The van der Waals surface area contributed by atoms with Crippen molar-refractivity contribution in [2.75, 3.05) is 12.4 Å². The lowest BCUT2D eigenvalue weighted by molar-refractivity contribution is 0.408. The van der Waals surface area contributed by atoms with Gasteiger partial charge in [-0.25, -0.2) is 15.0 Å². The number of rotatable bonds is 6. The Morgan fingerprint density at radius 2 is 1.70 bits per heavy atom. The monoisotopic (exact) mass is 402 g/mol. The highest BCUT2D eigenvalue weighted by Gasteiger charge is 2.12. The van der Waals surface area contributed by atoms with Gasteiger partial charge in [0, 0.05) is 29.7 Å². The molecule has 0 bridgehead atoms. The van der Waals surface area contributed by atoms with Crippen molar-refractivity contribution >= 4 is 11.5 Å². The maximum atomic E-state index is 13.6. The second kappa shape index (κ2) is 8.57. The molecule has 3 heterocycles. The molecule has 0 fully saturated rings. The molecule has 0 aliphatic rings. The molecule has 1 aromatic carbocycles. The first-order chi connectivity index (χ1) is 14.6. The van der Waals surface area contributed by atoms with Crippen molar-refractivity contribution < 1.29 is 13.9 Å². The van der Waals surface area contributed by atoms with Crippen molar-refractivity contribution in [2.45, 2.75) is 6.92 Å². The largest absolute Gasteiger partial charge is 0.495 e. The van der Waals surface area contributed by atoms with E-state index in [0.29, 0.717) is 28.5 Å². The highest BCUT2D eigenvalue weighted by molar-refractivity contribution is 5.70. The van der Waals surface area contributed by atoms with Crippen LogP contribution in [0.4, 0.5) is 15.9 Å². The Hall–Kier alpha value is -4.00. The van der Waals surface area contributed by atoms with Gasteiger partial charge in [-0.1, -0.05) is 6.07 Å². The number of methoxy groups -OCH3 is 1. The molecule has 0 atom stereocenters. The van der Waals surface area contributed by atoms with Gasteiger partial charge in [-0.05, 0) is 60.5 Å². The summed E-state index contributed by atoms with van der Waals surface area (Å²) in [6.45, 7) is 1.99. The summed E-state index contributed by atoms with van der Waals surface area (Å²) in [6, 6.07) is 16.1. The number of hydrogen-bond donors (Lipinski definition) is 1. The first-order valence-electron chi connectivity index (χ1n) is 9.24. The Morgan fingerprint density at radius 1 is 0.867 bits per heavy atom. The third-order valence-corrected chi connectivity index (χ3v) is 4.35. The maximum Gasteiger partial charge on any atom is 0.227 e. The molecule has 0 spiro atoms. The normalized spacial score (nSPS) is 10.5. The minimum absolute atomic E-state index is 0.335. The van der Waals surface area contributed by atoms with E-state index in [2.05, 4.69) is 20.3 Å². The number of hydrogen-bond acceptors (Lipinski definition) is 6. The Labute approximate surface area is 173 Å². The van der Waals surface area contributed by atoms with Crippen molar-refractivity contribution in [3.8, 4) is 28.5 Å². The van der Waals surface area contributed by atoms with Crippen LogP contribution in [0, 0.1) is 12.9 Å². The van der Waals surface area contributed by atoms with Crippen LogP contribution in [-0.2, 0) is 0 Å². The number of halogens is 1. The first-order valence-corrected chi connectivity index (χ1v) is 9.24. The summed E-state index contributed by atoms with van der Waals surface area (Å²) < 4.78 is 24.8. The van der Waals surface area contributed by atoms with Crippen LogP contribution in [0.25, 0.3) is 11.1 Å². The topological polar surface area (TPSA) is 69.2 Å². The van der Waals surface area contributed by atoms with E-state index < -0.39 is 5.95 Å². The SMILES string of the molecule is COc1cnc(Oc2ccc(Nc3ccc(C)cn3)cc2)c(-c2ccnc(F)c2)c1. The van der Waals surface area contributed by atoms with E-state index in [9.17, 15) is 4.39 Å². The number of anilines is 2. The van der Waals surface area contributed by atoms with Gasteiger partial charge in [-0.2, -0.15) is 4.39 Å². The molecule has 4 rings (SSSR count). The summed E-state index contributed by atoms with van der Waals surface area (Å²) in [5, 5.41) is 3.23. The van der Waals surface area contributed by atoms with Crippen molar-refractivity contribution in [2.24, 2.45) is 0 Å². The third kappa shape index (κ3) is 4.52. The van der Waals surface area contributed by atoms with Crippen molar-refractivity contribution in [3.63, 3.8) is 0 Å². The van der Waals surface area contributed by atoms with Crippen LogP contribution in [0.15, 0.2) is 73.2 Å². The fourth-order valence-corrected chi connectivity index (χ4v) is 2.81. The van der Waals surface area contributed by atoms with E-state index in [4.69, 9.17) is 9.47 Å². The van der Waals surface area contributed by atoms with Crippen LogP contribution in [0.2, 0.25) is 0 Å². The van der Waals surface area contributed by atoms with Crippen LogP contribution in [0.1, 0.15) is 5.56 Å². The molecule has 0 unspecified atom stereocenters. The molecule has 6 nitrogen and oxygen atoms in total. The zero-order chi connectivity index (χ0) is 20.9. The summed E-state index contributed by atoms with van der Waals surface area (Å²) in [4.78, 5) is 12.3. The molecular weight excluding hydrogens is 383 g/mol. The summed E-state index contributed by atoms with van der Waals surface area (Å²) in [5.74, 6) is 1.64. The van der Waals surface area contributed by atoms with Crippen LogP contribution in [0.3, 0.4) is 0 Å². The molecule has 7 heteroatoms. The van der Waals surface area contributed by atoms with Gasteiger partial charge in [0.05, 0.1) is 13.3 Å². The van der Waals surface area contributed by atoms with Crippen molar-refractivity contribution in [1.82, 2.24) is 15.0 Å². The Kier molecular flexibility index (Phi) is 5.52. The maximum absolute atomic E-state index is 13.6. The predicted molar refractivity (Wildman–Crippen MR) is 113 cm³/mol. The Bertz CT molecular complexity index is 1150. The number of nitrogens with one attached hydrogen (secondary N) is 1.